The van der Waals surface area contributed by atoms with Crippen LogP contribution in [-0.2, 0) is 11.2 Å². The molecule has 4 nitrogen and oxygen atoms in total. The second-order valence-electron chi connectivity index (χ2n) is 6.67. The second-order valence-corrected chi connectivity index (χ2v) is 7.61. The van der Waals surface area contributed by atoms with Crippen molar-refractivity contribution < 1.29 is 9.59 Å². The van der Waals surface area contributed by atoms with Gasteiger partial charge >= 0.3 is 0 Å². The predicted octanol–water partition coefficient (Wildman–Crippen LogP) is 5.02. The summed E-state index contributed by atoms with van der Waals surface area (Å²) in [6.07, 6.45) is 2.74. The van der Waals surface area contributed by atoms with Gasteiger partial charge in [0.15, 0.2) is 5.78 Å². The number of aromatic nitrogens is 1. The monoisotopic (exact) mass is 426 g/mol. The SMILES string of the molecule is CCCC[C@H](NC(=O)c1ccccc1)C(=O)Cc1nc(-c2ccccc2)cs1.S. The maximum absolute atomic E-state index is 12.9. The lowest BCUT2D eigenvalue weighted by molar-refractivity contribution is -0.120. The van der Waals surface area contributed by atoms with Gasteiger partial charge in [-0.3, -0.25) is 9.59 Å². The Kier molecular flexibility index (Phi) is 9.09. The number of hydrogen-bond donors (Lipinski definition) is 1. The lowest BCUT2D eigenvalue weighted by atomic mass is 10.0. The van der Waals surface area contributed by atoms with E-state index in [1.165, 1.54) is 11.3 Å². The number of nitrogens with one attached hydrogen (secondary N) is 1. The van der Waals surface area contributed by atoms with E-state index in [0.717, 1.165) is 29.1 Å². The van der Waals surface area contributed by atoms with Crippen molar-refractivity contribution in [2.24, 2.45) is 0 Å². The Morgan fingerprint density at radius 1 is 1.03 bits per heavy atom. The molecule has 0 aliphatic rings. The second kappa shape index (κ2) is 11.5. The number of ketones is 1. The van der Waals surface area contributed by atoms with Gasteiger partial charge in [0.2, 0.25) is 0 Å². The van der Waals surface area contributed by atoms with Crippen molar-refractivity contribution in [2.75, 3.05) is 0 Å². The molecule has 152 valence electrons. The summed E-state index contributed by atoms with van der Waals surface area (Å²) in [4.78, 5) is 30.0. The van der Waals surface area contributed by atoms with Crippen LogP contribution in [0.5, 0.6) is 0 Å². The van der Waals surface area contributed by atoms with E-state index >= 15 is 0 Å². The van der Waals surface area contributed by atoms with Crippen LogP contribution in [0.2, 0.25) is 0 Å². The number of nitrogens with zero attached hydrogens (tertiary/aromatic N) is 1. The van der Waals surface area contributed by atoms with Crippen molar-refractivity contribution in [2.45, 2.75) is 38.6 Å². The van der Waals surface area contributed by atoms with Gasteiger partial charge in [0.25, 0.3) is 5.91 Å². The zero-order chi connectivity index (χ0) is 19.8. The molecule has 1 heterocycles. The number of carbonyl (C=O) groups is 2. The summed E-state index contributed by atoms with van der Waals surface area (Å²) in [7, 11) is 0. The fourth-order valence-corrected chi connectivity index (χ4v) is 3.77. The van der Waals surface area contributed by atoms with Crippen LogP contribution in [0.3, 0.4) is 0 Å². The van der Waals surface area contributed by atoms with Crippen LogP contribution in [0.4, 0.5) is 0 Å². The molecule has 0 aliphatic carbocycles. The molecule has 1 N–H and O–H groups in total. The minimum atomic E-state index is -0.489. The van der Waals surface area contributed by atoms with Crippen LogP contribution in [0.15, 0.2) is 66.0 Å². The molecule has 1 atom stereocenters. The Hall–Kier alpha value is -2.44. The highest BCUT2D eigenvalue weighted by molar-refractivity contribution is 7.59. The third-order valence-electron chi connectivity index (χ3n) is 4.52. The lowest BCUT2D eigenvalue weighted by Gasteiger charge is -2.17. The molecule has 6 heteroatoms. The first-order valence-electron chi connectivity index (χ1n) is 9.56. The minimum absolute atomic E-state index is 0. The molecule has 0 unspecified atom stereocenters. The van der Waals surface area contributed by atoms with Gasteiger partial charge in [0.05, 0.1) is 18.2 Å². The third kappa shape index (κ3) is 6.54. The summed E-state index contributed by atoms with van der Waals surface area (Å²) in [6, 6.07) is 18.4. The summed E-state index contributed by atoms with van der Waals surface area (Å²) < 4.78 is 0. The number of thiazole rings is 1. The van der Waals surface area contributed by atoms with E-state index in [0.29, 0.717) is 12.0 Å². The van der Waals surface area contributed by atoms with E-state index in [1.807, 2.05) is 53.9 Å². The number of rotatable bonds is 9. The van der Waals surface area contributed by atoms with E-state index in [-0.39, 0.29) is 31.6 Å². The molecular weight excluding hydrogens is 400 g/mol. The number of hydrogen-bond acceptors (Lipinski definition) is 4. The molecular formula is C23H26N2O2S2. The van der Waals surface area contributed by atoms with Crippen LogP contribution in [-0.4, -0.2) is 22.7 Å². The number of carbonyl (C=O) groups excluding carboxylic acids is 2. The molecule has 0 saturated heterocycles. The van der Waals surface area contributed by atoms with Crippen LogP contribution in [0.1, 0.15) is 41.6 Å². The third-order valence-corrected chi connectivity index (χ3v) is 5.37. The van der Waals surface area contributed by atoms with Crippen molar-refractivity contribution in [3.8, 4) is 11.3 Å². The normalized spacial score (nSPS) is 11.3. The highest BCUT2D eigenvalue weighted by Crippen LogP contribution is 2.22. The van der Waals surface area contributed by atoms with Gasteiger partial charge in [-0.25, -0.2) is 4.98 Å². The number of amides is 1. The lowest BCUT2D eigenvalue weighted by Crippen LogP contribution is -2.41. The number of unbranched alkanes of at least 4 members (excludes halogenated alkanes) is 1. The largest absolute Gasteiger partial charge is 0.342 e. The highest BCUT2D eigenvalue weighted by Gasteiger charge is 2.22. The van der Waals surface area contributed by atoms with Gasteiger partial charge in [-0.15, -0.1) is 11.3 Å². The molecule has 0 saturated carbocycles. The molecule has 0 fully saturated rings. The molecule has 3 rings (SSSR count). The van der Waals surface area contributed by atoms with Gasteiger partial charge in [0, 0.05) is 16.5 Å². The zero-order valence-electron chi connectivity index (χ0n) is 16.4. The summed E-state index contributed by atoms with van der Waals surface area (Å²) in [5, 5.41) is 5.67. The highest BCUT2D eigenvalue weighted by atomic mass is 32.1. The predicted molar refractivity (Wildman–Crippen MR) is 124 cm³/mol. The van der Waals surface area contributed by atoms with E-state index in [9.17, 15) is 9.59 Å². The molecule has 0 spiro atoms. The van der Waals surface area contributed by atoms with E-state index in [4.69, 9.17) is 0 Å². The first kappa shape index (κ1) is 22.8. The number of Topliss-reactive ketones (excluding diaryl/α,β-unsaturated/α-hetero) is 1. The summed E-state index contributed by atoms with van der Waals surface area (Å²) >= 11 is 1.48. The van der Waals surface area contributed by atoms with Crippen LogP contribution in [0.25, 0.3) is 11.3 Å². The van der Waals surface area contributed by atoms with Gasteiger partial charge < -0.3 is 5.32 Å². The van der Waals surface area contributed by atoms with Crippen molar-refractivity contribution >= 4 is 36.5 Å². The van der Waals surface area contributed by atoms with Gasteiger partial charge in [-0.2, -0.15) is 13.5 Å². The fraction of sp³-hybridized carbons (Fsp3) is 0.261. The van der Waals surface area contributed by atoms with Crippen molar-refractivity contribution in [1.82, 2.24) is 10.3 Å². The molecule has 2 aromatic carbocycles. The average Bonchev–Trinajstić information content (AvgIpc) is 3.20. The first-order valence-corrected chi connectivity index (χ1v) is 10.4. The summed E-state index contributed by atoms with van der Waals surface area (Å²) in [6.45, 7) is 2.08. The van der Waals surface area contributed by atoms with Crippen molar-refractivity contribution in [1.29, 1.82) is 0 Å². The number of benzene rings is 2. The molecule has 1 aromatic heterocycles. The molecule has 0 radical (unpaired) electrons. The maximum atomic E-state index is 12.9. The topological polar surface area (TPSA) is 59.1 Å². The van der Waals surface area contributed by atoms with Crippen LogP contribution >= 0.6 is 24.8 Å². The average molecular weight is 427 g/mol. The standard InChI is InChI=1S/C23H24N2O2S.H2S/c1-2-3-14-19(25-23(27)18-12-8-5-9-13-18)21(26)15-22-24-20(16-28-22)17-10-6-4-7-11-17;/h4-13,16,19H,2-3,14-15H2,1H3,(H,25,27);1H2/t19-;/m0./s1. The van der Waals surface area contributed by atoms with Gasteiger partial charge in [0.1, 0.15) is 5.01 Å². The van der Waals surface area contributed by atoms with Crippen LogP contribution < -0.4 is 5.32 Å². The summed E-state index contributed by atoms with van der Waals surface area (Å²) in [5.41, 5.74) is 2.49. The van der Waals surface area contributed by atoms with Gasteiger partial charge in [-0.1, -0.05) is 68.3 Å². The molecule has 1 amide bonds. The summed E-state index contributed by atoms with van der Waals surface area (Å²) in [5.74, 6) is -0.203. The van der Waals surface area contributed by atoms with Crippen molar-refractivity contribution in [3.63, 3.8) is 0 Å². The smallest absolute Gasteiger partial charge is 0.251 e. The molecule has 3 aromatic rings. The Morgan fingerprint density at radius 3 is 2.34 bits per heavy atom. The Balaban J connectivity index is 0.00000300. The molecule has 0 bridgehead atoms. The van der Waals surface area contributed by atoms with Crippen LogP contribution in [0, 0.1) is 0 Å². The van der Waals surface area contributed by atoms with E-state index in [2.05, 4.69) is 17.2 Å². The Bertz CT molecular complexity index is 911. The van der Waals surface area contributed by atoms with Gasteiger partial charge in [-0.05, 0) is 18.6 Å². The maximum Gasteiger partial charge on any atom is 0.251 e. The molecule has 0 aliphatic heterocycles. The molecule has 29 heavy (non-hydrogen) atoms. The zero-order valence-corrected chi connectivity index (χ0v) is 18.2. The quantitative estimate of drug-likeness (QED) is 0.522. The Labute approximate surface area is 182 Å². The van der Waals surface area contributed by atoms with E-state index < -0.39 is 6.04 Å². The minimum Gasteiger partial charge on any atom is -0.342 e. The van der Waals surface area contributed by atoms with E-state index in [1.54, 1.807) is 12.1 Å². The van der Waals surface area contributed by atoms with Crippen molar-refractivity contribution in [3.05, 3.63) is 76.6 Å². The fourth-order valence-electron chi connectivity index (χ4n) is 2.96. The Morgan fingerprint density at radius 2 is 1.69 bits per heavy atom. The first-order chi connectivity index (χ1) is 13.7.